The molecule has 0 aliphatic rings. The Morgan fingerprint density at radius 2 is 2.00 bits per heavy atom. The summed E-state index contributed by atoms with van der Waals surface area (Å²) < 4.78 is 47.3. The number of nitrogens with one attached hydrogen (secondary N) is 2. The largest absolute Gasteiger partial charge is 0.494 e. The second kappa shape index (κ2) is 10.2. The van der Waals surface area contributed by atoms with Crippen LogP contribution in [0.1, 0.15) is 25.3 Å². The van der Waals surface area contributed by atoms with E-state index < -0.39 is 17.9 Å². The zero-order valence-electron chi connectivity index (χ0n) is 16.6. The Bertz CT molecular complexity index is 1080. The van der Waals surface area contributed by atoms with Crippen molar-refractivity contribution in [2.75, 3.05) is 17.2 Å². The monoisotopic (exact) mass is 470 g/mol. The molecule has 1 aromatic carbocycles. The van der Waals surface area contributed by atoms with Crippen LogP contribution in [0.5, 0.6) is 5.75 Å². The van der Waals surface area contributed by atoms with E-state index >= 15 is 0 Å². The van der Waals surface area contributed by atoms with Crippen molar-refractivity contribution >= 4 is 34.1 Å². The molecule has 2 heterocycles. The van der Waals surface area contributed by atoms with Gasteiger partial charge in [0.1, 0.15) is 5.75 Å². The molecule has 3 aromatic rings. The Morgan fingerprint density at radius 3 is 2.75 bits per heavy atom. The van der Waals surface area contributed by atoms with Crippen molar-refractivity contribution in [2.24, 2.45) is 0 Å². The van der Waals surface area contributed by atoms with Gasteiger partial charge >= 0.3 is 12.1 Å². The van der Waals surface area contributed by atoms with Gasteiger partial charge in [0.15, 0.2) is 10.7 Å². The third-order valence-electron chi connectivity index (χ3n) is 3.88. The minimum atomic E-state index is -5.12. The van der Waals surface area contributed by atoms with Gasteiger partial charge in [-0.15, -0.1) is 10.2 Å². The minimum Gasteiger partial charge on any atom is -0.494 e. The number of benzene rings is 1. The molecule has 2 aromatic heterocycles. The fourth-order valence-electron chi connectivity index (χ4n) is 2.39. The van der Waals surface area contributed by atoms with Crippen LogP contribution in [0.4, 0.5) is 24.1 Å². The lowest BCUT2D eigenvalue weighted by molar-refractivity contribution is -0.167. The average Bonchev–Trinajstić information content (AvgIpc) is 3.37. The minimum absolute atomic E-state index is 0.00894. The number of amides is 2. The molecule has 0 saturated carbocycles. The molecule has 2 amide bonds. The number of ether oxygens (including phenoxy) is 1. The van der Waals surface area contributed by atoms with Crippen molar-refractivity contribution < 1.29 is 32.1 Å². The highest BCUT2D eigenvalue weighted by Gasteiger charge is 2.40. The van der Waals surface area contributed by atoms with Crippen molar-refractivity contribution in [1.29, 1.82) is 0 Å². The molecule has 3 rings (SSSR count). The van der Waals surface area contributed by atoms with Crippen LogP contribution in [-0.4, -0.2) is 45.1 Å². The molecule has 0 unspecified atom stereocenters. The van der Waals surface area contributed by atoms with E-state index in [-0.39, 0.29) is 28.2 Å². The predicted octanol–water partition coefficient (Wildman–Crippen LogP) is 3.45. The lowest BCUT2D eigenvalue weighted by atomic mass is 10.1. The maximum atomic E-state index is 12.4. The first kappa shape index (κ1) is 23.1. The number of carbonyl (C=O) groups excluding carboxylic acids is 2. The first-order valence-corrected chi connectivity index (χ1v) is 10.1. The zero-order valence-corrected chi connectivity index (χ0v) is 17.4. The number of carbonyl (C=O) groups is 2. The van der Waals surface area contributed by atoms with E-state index in [4.69, 9.17) is 4.74 Å². The molecule has 0 spiro atoms. The number of nitrogens with zero attached hydrogens (tertiary/aromatic N) is 4. The zero-order chi connectivity index (χ0) is 23.1. The molecule has 2 N–H and O–H groups in total. The molecule has 0 radical (unpaired) electrons. The Balaban J connectivity index is 1.61. The topological polar surface area (TPSA) is 132 Å². The first-order chi connectivity index (χ1) is 15.3. The van der Waals surface area contributed by atoms with Gasteiger partial charge in [-0.1, -0.05) is 36.8 Å². The van der Waals surface area contributed by atoms with Crippen LogP contribution in [-0.2, 0) is 16.0 Å². The van der Waals surface area contributed by atoms with Crippen molar-refractivity contribution in [3.63, 3.8) is 0 Å². The summed E-state index contributed by atoms with van der Waals surface area (Å²) >= 11 is 0.821. The van der Waals surface area contributed by atoms with E-state index in [9.17, 15) is 22.8 Å². The summed E-state index contributed by atoms with van der Waals surface area (Å²) in [6, 6.07) is 7.11. The second-order valence-corrected chi connectivity index (χ2v) is 7.38. The fourth-order valence-corrected chi connectivity index (χ4v) is 3.13. The SMILES string of the molecule is CCCCOc1cccc(CC(=O)Nc2nnc(-c3nonc3NC(=O)C(F)(F)F)s2)c1. The maximum Gasteiger partial charge on any atom is 0.471 e. The standard InChI is InChI=1S/C18H17F3N6O4S/c1-2-3-7-30-11-6-4-5-10(8-11)9-12(28)22-17-25-24-15(32-17)13-14(27-31-26-13)23-16(29)18(19,20)21/h4-6,8H,2-3,7,9H2,1H3,(H,22,25,28)(H,23,27,29). The van der Waals surface area contributed by atoms with Gasteiger partial charge in [0.2, 0.25) is 16.9 Å². The highest BCUT2D eigenvalue weighted by Crippen LogP contribution is 2.30. The van der Waals surface area contributed by atoms with Gasteiger partial charge in [0, 0.05) is 0 Å². The molecule has 0 saturated heterocycles. The van der Waals surface area contributed by atoms with Crippen LogP contribution in [0.3, 0.4) is 0 Å². The van der Waals surface area contributed by atoms with E-state index in [0.717, 1.165) is 29.7 Å². The number of alkyl halides is 3. The van der Waals surface area contributed by atoms with E-state index in [2.05, 4.69) is 37.4 Å². The lowest BCUT2D eigenvalue weighted by Crippen LogP contribution is -2.30. The van der Waals surface area contributed by atoms with E-state index in [1.165, 1.54) is 0 Å². The number of rotatable bonds is 9. The maximum absolute atomic E-state index is 12.4. The second-order valence-electron chi connectivity index (χ2n) is 6.40. The molecule has 0 atom stereocenters. The number of aromatic nitrogens is 4. The van der Waals surface area contributed by atoms with Gasteiger partial charge in [-0.25, -0.2) is 4.63 Å². The lowest BCUT2D eigenvalue weighted by Gasteiger charge is -2.07. The Hall–Kier alpha value is -3.55. The third-order valence-corrected chi connectivity index (χ3v) is 4.73. The molecule has 0 bridgehead atoms. The molecule has 170 valence electrons. The first-order valence-electron chi connectivity index (χ1n) is 9.32. The number of hydrogen-bond donors (Lipinski definition) is 2. The van der Waals surface area contributed by atoms with Gasteiger partial charge in [0.05, 0.1) is 13.0 Å². The number of unbranched alkanes of at least 4 members (excludes halogenated alkanes) is 1. The summed E-state index contributed by atoms with van der Waals surface area (Å²) in [6.07, 6.45) is -3.15. The van der Waals surface area contributed by atoms with Gasteiger partial charge in [0.25, 0.3) is 0 Å². The van der Waals surface area contributed by atoms with Crippen molar-refractivity contribution in [3.8, 4) is 16.5 Å². The van der Waals surface area contributed by atoms with Crippen LogP contribution in [0.25, 0.3) is 10.7 Å². The fraction of sp³-hybridized carbons (Fsp3) is 0.333. The Labute approximate surface area is 183 Å². The Kier molecular flexibility index (Phi) is 7.35. The van der Waals surface area contributed by atoms with Crippen LogP contribution < -0.4 is 15.4 Å². The van der Waals surface area contributed by atoms with E-state index in [1.54, 1.807) is 29.6 Å². The van der Waals surface area contributed by atoms with Crippen LogP contribution >= 0.6 is 11.3 Å². The molecule has 0 fully saturated rings. The number of halogens is 3. The van der Waals surface area contributed by atoms with Crippen molar-refractivity contribution in [3.05, 3.63) is 29.8 Å². The van der Waals surface area contributed by atoms with Crippen LogP contribution in [0, 0.1) is 0 Å². The molecule has 32 heavy (non-hydrogen) atoms. The van der Waals surface area contributed by atoms with E-state index in [1.807, 2.05) is 0 Å². The number of anilines is 2. The smallest absolute Gasteiger partial charge is 0.471 e. The summed E-state index contributed by atoms with van der Waals surface area (Å²) in [5.41, 5.74) is 0.469. The van der Waals surface area contributed by atoms with Crippen LogP contribution in [0.2, 0.25) is 0 Å². The van der Waals surface area contributed by atoms with E-state index in [0.29, 0.717) is 12.4 Å². The van der Waals surface area contributed by atoms with Crippen molar-refractivity contribution in [1.82, 2.24) is 20.5 Å². The molecule has 0 aliphatic carbocycles. The number of hydrogen-bond acceptors (Lipinski definition) is 9. The summed E-state index contributed by atoms with van der Waals surface area (Å²) in [5, 5.41) is 18.3. The third kappa shape index (κ3) is 6.23. The highest BCUT2D eigenvalue weighted by atomic mass is 32.1. The molecule has 14 heteroatoms. The summed E-state index contributed by atoms with van der Waals surface area (Å²) in [7, 11) is 0. The molecular formula is C18H17F3N6O4S. The molecular weight excluding hydrogens is 453 g/mol. The molecule has 0 aliphatic heterocycles. The summed E-state index contributed by atoms with van der Waals surface area (Å²) in [6.45, 7) is 2.64. The quantitative estimate of drug-likeness (QED) is 0.455. The van der Waals surface area contributed by atoms with Crippen LogP contribution in [0.15, 0.2) is 28.9 Å². The Morgan fingerprint density at radius 1 is 1.19 bits per heavy atom. The predicted molar refractivity (Wildman–Crippen MR) is 107 cm³/mol. The van der Waals surface area contributed by atoms with Gasteiger partial charge < -0.3 is 10.1 Å². The van der Waals surface area contributed by atoms with Gasteiger partial charge in [-0.05, 0) is 34.4 Å². The van der Waals surface area contributed by atoms with Crippen molar-refractivity contribution in [2.45, 2.75) is 32.4 Å². The summed E-state index contributed by atoms with van der Waals surface area (Å²) in [4.78, 5) is 23.4. The van der Waals surface area contributed by atoms with Gasteiger partial charge in [-0.2, -0.15) is 13.2 Å². The summed E-state index contributed by atoms with van der Waals surface area (Å²) in [5.74, 6) is -2.54. The van der Waals surface area contributed by atoms with Gasteiger partial charge in [-0.3, -0.25) is 14.9 Å². The average molecular weight is 470 g/mol. The molecule has 10 nitrogen and oxygen atoms in total. The normalized spacial score (nSPS) is 11.2. The highest BCUT2D eigenvalue weighted by molar-refractivity contribution is 7.18.